The summed E-state index contributed by atoms with van der Waals surface area (Å²) in [6.07, 6.45) is 2.07. The van der Waals surface area contributed by atoms with Crippen molar-refractivity contribution < 1.29 is 5.11 Å². The molecule has 3 heteroatoms. The molecule has 0 spiro atoms. The van der Waals surface area contributed by atoms with Crippen LogP contribution in [0.4, 0.5) is 0 Å². The molecule has 2 aromatic rings. The number of fused-ring (bicyclic) bond motifs is 1. The first kappa shape index (κ1) is 16.4. The summed E-state index contributed by atoms with van der Waals surface area (Å²) in [4.78, 5) is 0. The van der Waals surface area contributed by atoms with E-state index < -0.39 is 0 Å². The van der Waals surface area contributed by atoms with Gasteiger partial charge in [0.05, 0.1) is 0 Å². The number of nitrogens with two attached hydrogens (primary N) is 1. The van der Waals surface area contributed by atoms with E-state index in [1.807, 2.05) is 17.8 Å². The van der Waals surface area contributed by atoms with Crippen LogP contribution in [-0.4, -0.2) is 22.2 Å². The van der Waals surface area contributed by atoms with Crippen molar-refractivity contribution in [1.82, 2.24) is 0 Å². The van der Waals surface area contributed by atoms with Gasteiger partial charge in [0.25, 0.3) is 0 Å². The van der Waals surface area contributed by atoms with E-state index in [-0.39, 0.29) is 11.5 Å². The Morgan fingerprint density at radius 1 is 1.17 bits per heavy atom. The van der Waals surface area contributed by atoms with Crippen LogP contribution in [0.25, 0.3) is 0 Å². The minimum Gasteiger partial charge on any atom is -0.508 e. The normalized spacial score (nSPS) is 22.6. The molecule has 0 radical (unpaired) electrons. The quantitative estimate of drug-likeness (QED) is 0.895. The van der Waals surface area contributed by atoms with Gasteiger partial charge in [0.2, 0.25) is 0 Å². The van der Waals surface area contributed by atoms with E-state index in [0.29, 0.717) is 11.0 Å². The first-order valence-corrected chi connectivity index (χ1v) is 9.27. The van der Waals surface area contributed by atoms with Gasteiger partial charge in [0.15, 0.2) is 0 Å². The van der Waals surface area contributed by atoms with Crippen LogP contribution >= 0.6 is 11.8 Å². The van der Waals surface area contributed by atoms with Crippen molar-refractivity contribution >= 4 is 11.8 Å². The predicted molar refractivity (Wildman–Crippen MR) is 99.2 cm³/mol. The second kappa shape index (κ2) is 6.58. The molecule has 3 rings (SSSR count). The van der Waals surface area contributed by atoms with Gasteiger partial charge in [-0.1, -0.05) is 50.2 Å². The molecule has 2 aromatic carbocycles. The van der Waals surface area contributed by atoms with Crippen LogP contribution in [-0.2, 0) is 18.3 Å². The Morgan fingerprint density at radius 3 is 2.65 bits per heavy atom. The van der Waals surface area contributed by atoms with Crippen molar-refractivity contribution in [2.75, 3.05) is 5.75 Å². The minimum absolute atomic E-state index is 0.0950. The maximum Gasteiger partial charge on any atom is 0.115 e. The molecule has 1 aliphatic rings. The molecular weight excluding hydrogens is 302 g/mol. The zero-order valence-corrected chi connectivity index (χ0v) is 14.6. The lowest BCUT2D eigenvalue weighted by molar-refractivity contribution is 0.369. The highest BCUT2D eigenvalue weighted by molar-refractivity contribution is 7.99. The van der Waals surface area contributed by atoms with Gasteiger partial charge < -0.3 is 10.8 Å². The number of rotatable bonds is 4. The molecule has 3 N–H and O–H groups in total. The fraction of sp³-hybridized carbons (Fsp3) is 0.400. The Labute approximate surface area is 143 Å². The van der Waals surface area contributed by atoms with E-state index in [0.717, 1.165) is 18.6 Å². The Kier molecular flexibility index (Phi) is 4.69. The third kappa shape index (κ3) is 3.41. The molecule has 0 saturated heterocycles. The summed E-state index contributed by atoms with van der Waals surface area (Å²) in [6.45, 7) is 4.39. The summed E-state index contributed by atoms with van der Waals surface area (Å²) < 4.78 is 0. The Morgan fingerprint density at radius 2 is 1.91 bits per heavy atom. The lowest BCUT2D eigenvalue weighted by Crippen LogP contribution is -2.52. The summed E-state index contributed by atoms with van der Waals surface area (Å²) in [6, 6.07) is 16.4. The fourth-order valence-electron chi connectivity index (χ4n) is 3.47. The highest BCUT2D eigenvalue weighted by atomic mass is 32.2. The van der Waals surface area contributed by atoms with Crippen LogP contribution in [0.15, 0.2) is 48.5 Å². The van der Waals surface area contributed by atoms with Crippen molar-refractivity contribution in [3.8, 4) is 5.75 Å². The summed E-state index contributed by atoms with van der Waals surface area (Å²) in [5.74, 6) is 1.42. The monoisotopic (exact) mass is 327 g/mol. The van der Waals surface area contributed by atoms with Gasteiger partial charge in [0.1, 0.15) is 5.75 Å². The molecule has 0 bridgehead atoms. The topological polar surface area (TPSA) is 46.2 Å². The molecule has 122 valence electrons. The van der Waals surface area contributed by atoms with Crippen molar-refractivity contribution in [3.05, 3.63) is 65.2 Å². The molecule has 2 nitrogen and oxygen atoms in total. The van der Waals surface area contributed by atoms with Crippen molar-refractivity contribution in [1.29, 1.82) is 0 Å². The molecule has 1 aliphatic carbocycles. The van der Waals surface area contributed by atoms with Crippen LogP contribution in [0.1, 0.15) is 30.5 Å². The maximum absolute atomic E-state index is 9.79. The largest absolute Gasteiger partial charge is 0.508 e. The van der Waals surface area contributed by atoms with Crippen molar-refractivity contribution in [2.24, 2.45) is 5.73 Å². The highest BCUT2D eigenvalue weighted by Gasteiger charge is 2.40. The SMILES string of the molecule is CC1(C)c2cc(O)ccc2C[C@H](SCCc2ccccc2)[C@H]1N. The number of aryl methyl sites for hydroxylation is 1. The zero-order valence-electron chi connectivity index (χ0n) is 13.8. The third-order valence-corrected chi connectivity index (χ3v) is 6.34. The molecule has 0 heterocycles. The summed E-state index contributed by atoms with van der Waals surface area (Å²) in [7, 11) is 0. The van der Waals surface area contributed by atoms with Crippen LogP contribution in [0.5, 0.6) is 5.75 Å². The van der Waals surface area contributed by atoms with Crippen LogP contribution in [0, 0.1) is 0 Å². The van der Waals surface area contributed by atoms with E-state index in [1.54, 1.807) is 6.07 Å². The van der Waals surface area contributed by atoms with E-state index in [9.17, 15) is 5.11 Å². The lowest BCUT2D eigenvalue weighted by Gasteiger charge is -2.43. The summed E-state index contributed by atoms with van der Waals surface area (Å²) >= 11 is 1.98. The van der Waals surface area contributed by atoms with Crippen molar-refractivity contribution in [2.45, 2.75) is 43.4 Å². The number of phenolic OH excluding ortho intramolecular Hbond substituents is 1. The predicted octanol–water partition coefficient (Wildman–Crippen LogP) is 3.90. The Bertz CT molecular complexity index is 669. The zero-order chi connectivity index (χ0) is 16.4. The third-order valence-electron chi connectivity index (χ3n) is 5.01. The van der Waals surface area contributed by atoms with Crippen LogP contribution in [0.2, 0.25) is 0 Å². The van der Waals surface area contributed by atoms with E-state index in [1.165, 1.54) is 16.7 Å². The smallest absolute Gasteiger partial charge is 0.115 e. The van der Waals surface area contributed by atoms with Gasteiger partial charge in [-0.15, -0.1) is 0 Å². The maximum atomic E-state index is 9.79. The highest BCUT2D eigenvalue weighted by Crippen LogP contribution is 2.41. The van der Waals surface area contributed by atoms with Gasteiger partial charge in [-0.2, -0.15) is 11.8 Å². The molecule has 2 atom stereocenters. The number of aromatic hydroxyl groups is 1. The molecule has 23 heavy (non-hydrogen) atoms. The van der Waals surface area contributed by atoms with Gasteiger partial charge in [-0.25, -0.2) is 0 Å². The van der Waals surface area contributed by atoms with Gasteiger partial charge in [0, 0.05) is 16.7 Å². The number of phenols is 1. The molecule has 0 amide bonds. The molecule has 0 aliphatic heterocycles. The van der Waals surface area contributed by atoms with Gasteiger partial charge in [-0.05, 0) is 47.4 Å². The van der Waals surface area contributed by atoms with Crippen molar-refractivity contribution in [3.63, 3.8) is 0 Å². The van der Waals surface area contributed by atoms with E-state index in [4.69, 9.17) is 5.73 Å². The molecule has 0 unspecified atom stereocenters. The average molecular weight is 327 g/mol. The van der Waals surface area contributed by atoms with Gasteiger partial charge in [-0.3, -0.25) is 0 Å². The second-order valence-electron chi connectivity index (χ2n) is 6.94. The first-order valence-electron chi connectivity index (χ1n) is 8.22. The van der Waals surface area contributed by atoms with E-state index >= 15 is 0 Å². The molecule has 0 fully saturated rings. The molecule has 0 aromatic heterocycles. The molecule has 0 saturated carbocycles. The number of benzene rings is 2. The average Bonchev–Trinajstić information content (AvgIpc) is 2.54. The fourth-order valence-corrected chi connectivity index (χ4v) is 4.97. The lowest BCUT2D eigenvalue weighted by atomic mass is 9.69. The first-order chi connectivity index (χ1) is 11.0. The van der Waals surface area contributed by atoms with Gasteiger partial charge >= 0.3 is 0 Å². The van der Waals surface area contributed by atoms with Crippen LogP contribution in [0.3, 0.4) is 0 Å². The van der Waals surface area contributed by atoms with E-state index in [2.05, 4.69) is 50.2 Å². The summed E-state index contributed by atoms with van der Waals surface area (Å²) in [5.41, 5.74) is 10.4. The number of hydrogen-bond donors (Lipinski definition) is 2. The second-order valence-corrected chi connectivity index (χ2v) is 8.28. The minimum atomic E-state index is -0.114. The standard InChI is InChI=1S/C20H25NOS/c1-20(2)17-13-16(22)9-8-15(17)12-18(19(20)21)23-11-10-14-6-4-3-5-7-14/h3-9,13,18-19,22H,10-12,21H2,1-2H3/t18-,19+/m0/s1. The Balaban J connectivity index is 1.71. The summed E-state index contributed by atoms with van der Waals surface area (Å²) in [5, 5.41) is 10.2. The Hall–Kier alpha value is -1.45. The van der Waals surface area contributed by atoms with Crippen LogP contribution < -0.4 is 5.73 Å². The number of thioether (sulfide) groups is 1. The molecular formula is C20H25NOS. The number of hydrogen-bond acceptors (Lipinski definition) is 3.